The van der Waals surface area contributed by atoms with Crippen LogP contribution in [0, 0.1) is 24.2 Å². The Labute approximate surface area is 151 Å². The van der Waals surface area contributed by atoms with E-state index in [0.29, 0.717) is 5.92 Å². The van der Waals surface area contributed by atoms with Gasteiger partial charge >= 0.3 is 0 Å². The fraction of sp³-hybridized carbons (Fsp3) is 0.650. The Morgan fingerprint density at radius 3 is 2.52 bits per heavy atom. The van der Waals surface area contributed by atoms with Crippen LogP contribution in [0.15, 0.2) is 18.3 Å². The van der Waals surface area contributed by atoms with Crippen molar-refractivity contribution in [2.75, 3.05) is 0 Å². The molecule has 1 aliphatic carbocycles. The Morgan fingerprint density at radius 2 is 1.96 bits per heavy atom. The molecule has 0 spiro atoms. The van der Waals surface area contributed by atoms with E-state index >= 15 is 0 Å². The average molecular weight is 342 g/mol. The second kappa shape index (κ2) is 8.44. The predicted octanol–water partition coefficient (Wildman–Crippen LogP) is 3.41. The summed E-state index contributed by atoms with van der Waals surface area (Å²) >= 11 is 0. The van der Waals surface area contributed by atoms with Crippen molar-refractivity contribution in [2.45, 2.75) is 77.4 Å². The van der Waals surface area contributed by atoms with E-state index in [1.165, 1.54) is 0 Å². The Kier molecular flexibility index (Phi) is 6.55. The lowest BCUT2D eigenvalue weighted by atomic mass is 9.82. The molecule has 1 aromatic rings. The van der Waals surface area contributed by atoms with Crippen LogP contribution >= 0.6 is 0 Å². The number of nitrogens with zero attached hydrogens (tertiary/aromatic N) is 2. The van der Waals surface area contributed by atoms with Gasteiger partial charge in [-0.15, -0.1) is 0 Å². The molecular weight excluding hydrogens is 312 g/mol. The summed E-state index contributed by atoms with van der Waals surface area (Å²) in [5, 5.41) is 16.0. The molecule has 25 heavy (non-hydrogen) atoms. The summed E-state index contributed by atoms with van der Waals surface area (Å²) in [6.07, 6.45) is 6.41. The smallest absolute Gasteiger partial charge is 0.238 e. The first-order chi connectivity index (χ1) is 11.9. The van der Waals surface area contributed by atoms with Gasteiger partial charge in [-0.1, -0.05) is 39.2 Å². The second-order valence-corrected chi connectivity index (χ2v) is 7.56. The number of amides is 1. The van der Waals surface area contributed by atoms with E-state index < -0.39 is 5.54 Å². The Bertz CT molecular complexity index is 629. The molecule has 0 aliphatic heterocycles. The topological polar surface area (TPSA) is 77.8 Å². The third kappa shape index (κ3) is 4.79. The molecule has 2 rings (SSSR count). The number of aryl methyl sites for hydroxylation is 1. The largest absolute Gasteiger partial charge is 0.336 e. The molecule has 2 N–H and O–H groups in total. The van der Waals surface area contributed by atoms with Crippen LogP contribution in [-0.4, -0.2) is 22.5 Å². The predicted molar refractivity (Wildman–Crippen MR) is 98.7 cm³/mol. The third-order valence-corrected chi connectivity index (χ3v) is 5.12. The van der Waals surface area contributed by atoms with E-state index in [1.807, 2.05) is 26.0 Å². The molecule has 1 fully saturated rings. The number of aromatic nitrogens is 1. The zero-order valence-corrected chi connectivity index (χ0v) is 15.8. The first kappa shape index (κ1) is 19.4. The van der Waals surface area contributed by atoms with Crippen LogP contribution in [0.25, 0.3) is 0 Å². The van der Waals surface area contributed by atoms with Gasteiger partial charge in [-0.05, 0) is 44.2 Å². The van der Waals surface area contributed by atoms with Crippen molar-refractivity contribution < 1.29 is 4.79 Å². The molecule has 1 heterocycles. The molecule has 2 atom stereocenters. The molecule has 1 aliphatic rings. The number of rotatable bonds is 6. The van der Waals surface area contributed by atoms with Gasteiger partial charge in [0.1, 0.15) is 5.54 Å². The third-order valence-electron chi connectivity index (χ3n) is 5.12. The van der Waals surface area contributed by atoms with Crippen LogP contribution in [0.5, 0.6) is 0 Å². The van der Waals surface area contributed by atoms with Gasteiger partial charge in [-0.3, -0.25) is 15.1 Å². The normalized spacial score (nSPS) is 19.0. The Balaban J connectivity index is 2.08. The SMILES string of the molecule is Cc1cccnc1[C@H](N[C@@H](C)C(=O)NC1(C#N)CCCCC1)C(C)C. The molecule has 0 bridgehead atoms. The highest BCUT2D eigenvalue weighted by atomic mass is 16.2. The zero-order chi connectivity index (χ0) is 18.4. The van der Waals surface area contributed by atoms with Gasteiger partial charge in [0.05, 0.1) is 23.8 Å². The van der Waals surface area contributed by atoms with Crippen LogP contribution in [0.4, 0.5) is 0 Å². The van der Waals surface area contributed by atoms with Gasteiger partial charge in [0.15, 0.2) is 0 Å². The van der Waals surface area contributed by atoms with Crippen LogP contribution in [0.1, 0.15) is 70.2 Å². The number of carbonyl (C=O) groups is 1. The summed E-state index contributed by atoms with van der Waals surface area (Å²) in [5.41, 5.74) is 1.39. The molecule has 0 aromatic carbocycles. The van der Waals surface area contributed by atoms with E-state index in [-0.39, 0.29) is 18.0 Å². The molecule has 1 aromatic heterocycles. The summed E-state index contributed by atoms with van der Waals surface area (Å²) in [6, 6.07) is 5.91. The highest BCUT2D eigenvalue weighted by Gasteiger charge is 2.35. The van der Waals surface area contributed by atoms with E-state index in [1.54, 1.807) is 6.20 Å². The molecule has 0 radical (unpaired) electrons. The van der Waals surface area contributed by atoms with Crippen molar-refractivity contribution in [3.8, 4) is 6.07 Å². The maximum absolute atomic E-state index is 12.7. The first-order valence-electron chi connectivity index (χ1n) is 9.29. The molecule has 136 valence electrons. The minimum atomic E-state index is -0.695. The highest BCUT2D eigenvalue weighted by molar-refractivity contribution is 5.82. The average Bonchev–Trinajstić information content (AvgIpc) is 2.60. The van der Waals surface area contributed by atoms with Crippen molar-refractivity contribution in [1.29, 1.82) is 5.26 Å². The van der Waals surface area contributed by atoms with Crippen LogP contribution in [-0.2, 0) is 4.79 Å². The number of carbonyl (C=O) groups excluding carboxylic acids is 1. The fourth-order valence-corrected chi connectivity index (χ4v) is 3.52. The highest BCUT2D eigenvalue weighted by Crippen LogP contribution is 2.28. The Hall–Kier alpha value is -1.93. The van der Waals surface area contributed by atoms with E-state index in [2.05, 4.69) is 35.5 Å². The number of hydrogen-bond donors (Lipinski definition) is 2. The van der Waals surface area contributed by atoms with E-state index in [4.69, 9.17) is 0 Å². The second-order valence-electron chi connectivity index (χ2n) is 7.56. The minimum Gasteiger partial charge on any atom is -0.336 e. The van der Waals surface area contributed by atoms with Crippen LogP contribution in [0.2, 0.25) is 0 Å². The van der Waals surface area contributed by atoms with Crippen molar-refractivity contribution in [3.05, 3.63) is 29.6 Å². The summed E-state index contributed by atoms with van der Waals surface area (Å²) < 4.78 is 0. The van der Waals surface area contributed by atoms with Crippen molar-refractivity contribution in [3.63, 3.8) is 0 Å². The number of pyridine rings is 1. The van der Waals surface area contributed by atoms with Crippen molar-refractivity contribution in [2.24, 2.45) is 5.92 Å². The molecule has 5 heteroatoms. The quantitative estimate of drug-likeness (QED) is 0.830. The first-order valence-corrected chi connectivity index (χ1v) is 9.29. The lowest BCUT2D eigenvalue weighted by Gasteiger charge is -2.33. The van der Waals surface area contributed by atoms with Crippen molar-refractivity contribution >= 4 is 5.91 Å². The van der Waals surface area contributed by atoms with Crippen molar-refractivity contribution in [1.82, 2.24) is 15.6 Å². The Morgan fingerprint density at radius 1 is 1.28 bits per heavy atom. The summed E-state index contributed by atoms with van der Waals surface area (Å²) in [6.45, 7) is 8.14. The number of hydrogen-bond acceptors (Lipinski definition) is 4. The summed E-state index contributed by atoms with van der Waals surface area (Å²) in [7, 11) is 0. The van der Waals surface area contributed by atoms with E-state index in [0.717, 1.165) is 43.4 Å². The lowest BCUT2D eigenvalue weighted by Crippen LogP contribution is -2.54. The van der Waals surface area contributed by atoms with Gasteiger partial charge in [0, 0.05) is 6.20 Å². The van der Waals surface area contributed by atoms with Gasteiger partial charge in [0.25, 0.3) is 0 Å². The minimum absolute atomic E-state index is 0.00802. The fourth-order valence-electron chi connectivity index (χ4n) is 3.52. The molecule has 1 saturated carbocycles. The molecule has 1 amide bonds. The van der Waals surface area contributed by atoms with Gasteiger partial charge in [-0.25, -0.2) is 0 Å². The maximum atomic E-state index is 12.7. The van der Waals surface area contributed by atoms with E-state index in [9.17, 15) is 10.1 Å². The van der Waals surface area contributed by atoms with Crippen LogP contribution in [0.3, 0.4) is 0 Å². The molecular formula is C20H30N4O. The molecule has 5 nitrogen and oxygen atoms in total. The number of nitrogens with one attached hydrogen (secondary N) is 2. The standard InChI is InChI=1S/C20H30N4O/c1-14(2)17(18-15(3)9-8-12-22-18)23-16(4)19(25)24-20(13-21)10-6-5-7-11-20/h8-9,12,14,16-17,23H,5-7,10-11H2,1-4H3,(H,24,25)/t16-,17+/m0/s1. The van der Waals surface area contributed by atoms with Gasteiger partial charge < -0.3 is 5.32 Å². The maximum Gasteiger partial charge on any atom is 0.238 e. The molecule has 0 saturated heterocycles. The van der Waals surface area contributed by atoms with Gasteiger partial charge in [-0.2, -0.15) is 5.26 Å². The number of nitriles is 1. The van der Waals surface area contributed by atoms with Crippen LogP contribution < -0.4 is 10.6 Å². The monoisotopic (exact) mass is 342 g/mol. The lowest BCUT2D eigenvalue weighted by molar-refractivity contribution is -0.124. The molecule has 0 unspecified atom stereocenters. The summed E-state index contributed by atoms with van der Waals surface area (Å²) in [4.78, 5) is 17.2. The van der Waals surface area contributed by atoms with Gasteiger partial charge in [0.2, 0.25) is 5.91 Å². The zero-order valence-electron chi connectivity index (χ0n) is 15.8. The summed E-state index contributed by atoms with van der Waals surface area (Å²) in [5.74, 6) is 0.186.